The lowest BCUT2D eigenvalue weighted by Crippen LogP contribution is -1.98. The molecule has 72 valence electrons. The van der Waals surface area contributed by atoms with E-state index in [0.29, 0.717) is 0 Å². The van der Waals surface area contributed by atoms with Crippen LogP contribution in [0.2, 0.25) is 0 Å². The number of aliphatic hydroxyl groups excluding tert-OH is 1. The molecule has 0 fully saturated rings. The van der Waals surface area contributed by atoms with E-state index in [1.807, 2.05) is 32.0 Å². The molecule has 0 aliphatic heterocycles. The lowest BCUT2D eigenvalue weighted by Gasteiger charge is -2.12. The molecular formula is C11H16O2. The van der Waals surface area contributed by atoms with Gasteiger partial charge >= 0.3 is 0 Å². The van der Waals surface area contributed by atoms with Crippen LogP contribution in [0, 0.1) is 6.92 Å². The summed E-state index contributed by atoms with van der Waals surface area (Å²) in [5.74, 6) is 0.838. The fourth-order valence-electron chi connectivity index (χ4n) is 1.37. The summed E-state index contributed by atoms with van der Waals surface area (Å²) in [4.78, 5) is 0. The van der Waals surface area contributed by atoms with Gasteiger partial charge in [0.25, 0.3) is 0 Å². The van der Waals surface area contributed by atoms with Gasteiger partial charge < -0.3 is 9.84 Å². The smallest absolute Gasteiger partial charge is 0.119 e. The van der Waals surface area contributed by atoms with E-state index in [4.69, 9.17) is 4.74 Å². The molecule has 13 heavy (non-hydrogen) atoms. The van der Waals surface area contributed by atoms with Crippen molar-refractivity contribution in [1.29, 1.82) is 0 Å². The van der Waals surface area contributed by atoms with Gasteiger partial charge in [0, 0.05) is 0 Å². The zero-order valence-electron chi connectivity index (χ0n) is 8.37. The third-order valence-electron chi connectivity index (χ3n) is 2.22. The Balaban J connectivity index is 2.98. The Hall–Kier alpha value is -1.02. The Kier molecular flexibility index (Phi) is 3.32. The van der Waals surface area contributed by atoms with Gasteiger partial charge in [0.1, 0.15) is 5.75 Å². The summed E-state index contributed by atoms with van der Waals surface area (Å²) in [6.45, 7) is 3.95. The number of benzene rings is 1. The molecule has 2 nitrogen and oxygen atoms in total. The molecule has 0 heterocycles. The van der Waals surface area contributed by atoms with Crippen molar-refractivity contribution in [1.82, 2.24) is 0 Å². The van der Waals surface area contributed by atoms with Crippen LogP contribution in [-0.2, 0) is 0 Å². The molecule has 1 aromatic carbocycles. The molecule has 1 unspecified atom stereocenters. The van der Waals surface area contributed by atoms with Gasteiger partial charge in [-0.25, -0.2) is 0 Å². The van der Waals surface area contributed by atoms with Crippen LogP contribution >= 0.6 is 0 Å². The van der Waals surface area contributed by atoms with E-state index in [1.165, 1.54) is 0 Å². The van der Waals surface area contributed by atoms with Crippen LogP contribution in [0.1, 0.15) is 30.6 Å². The van der Waals surface area contributed by atoms with Crippen LogP contribution in [-0.4, -0.2) is 12.2 Å². The normalized spacial score (nSPS) is 12.6. The second kappa shape index (κ2) is 4.28. The highest BCUT2D eigenvalue weighted by molar-refractivity contribution is 5.35. The van der Waals surface area contributed by atoms with Crippen molar-refractivity contribution in [3.63, 3.8) is 0 Å². The van der Waals surface area contributed by atoms with E-state index in [0.717, 1.165) is 23.3 Å². The maximum absolute atomic E-state index is 9.63. The molecule has 2 heteroatoms. The molecule has 0 saturated carbocycles. The average Bonchev–Trinajstić information content (AvgIpc) is 2.16. The first-order valence-electron chi connectivity index (χ1n) is 4.51. The van der Waals surface area contributed by atoms with Crippen LogP contribution in [0.3, 0.4) is 0 Å². The quantitative estimate of drug-likeness (QED) is 0.774. The Morgan fingerprint density at radius 1 is 1.46 bits per heavy atom. The van der Waals surface area contributed by atoms with Crippen molar-refractivity contribution >= 4 is 0 Å². The maximum atomic E-state index is 9.63. The lowest BCUT2D eigenvalue weighted by molar-refractivity contribution is 0.173. The van der Waals surface area contributed by atoms with Gasteiger partial charge in [-0.2, -0.15) is 0 Å². The summed E-state index contributed by atoms with van der Waals surface area (Å²) >= 11 is 0. The van der Waals surface area contributed by atoms with Gasteiger partial charge in [-0.3, -0.25) is 0 Å². The molecule has 0 aromatic heterocycles. The summed E-state index contributed by atoms with van der Waals surface area (Å²) in [7, 11) is 1.64. The predicted molar refractivity (Wildman–Crippen MR) is 53.0 cm³/mol. The molecule has 0 aliphatic rings. The molecular weight excluding hydrogens is 164 g/mol. The van der Waals surface area contributed by atoms with Crippen molar-refractivity contribution in [2.75, 3.05) is 7.11 Å². The van der Waals surface area contributed by atoms with Gasteiger partial charge in [0.05, 0.1) is 13.2 Å². The fourth-order valence-corrected chi connectivity index (χ4v) is 1.37. The highest BCUT2D eigenvalue weighted by Crippen LogP contribution is 2.23. The van der Waals surface area contributed by atoms with Crippen LogP contribution in [0.5, 0.6) is 5.75 Å². The summed E-state index contributed by atoms with van der Waals surface area (Å²) in [5.41, 5.74) is 2.07. The highest BCUT2D eigenvalue weighted by atomic mass is 16.5. The third kappa shape index (κ3) is 2.22. The van der Waals surface area contributed by atoms with E-state index in [9.17, 15) is 5.11 Å². The average molecular weight is 180 g/mol. The summed E-state index contributed by atoms with van der Waals surface area (Å²) in [6.07, 6.45) is 0.388. The molecule has 1 atom stereocenters. The molecule has 0 spiro atoms. The van der Waals surface area contributed by atoms with Crippen LogP contribution in [0.15, 0.2) is 18.2 Å². The molecule has 0 aliphatic carbocycles. The number of ether oxygens (including phenoxy) is 1. The minimum atomic E-state index is -0.356. The minimum absolute atomic E-state index is 0.356. The number of methoxy groups -OCH3 is 1. The van der Waals surface area contributed by atoms with Gasteiger partial charge in [-0.05, 0) is 36.6 Å². The SMILES string of the molecule is CCC(O)c1ccc(OC)cc1C. The molecule has 0 saturated heterocycles. The summed E-state index contributed by atoms with van der Waals surface area (Å²) < 4.78 is 5.08. The van der Waals surface area contributed by atoms with Crippen molar-refractivity contribution in [2.45, 2.75) is 26.4 Å². The number of aryl methyl sites for hydroxylation is 1. The summed E-state index contributed by atoms with van der Waals surface area (Å²) in [5, 5.41) is 9.63. The van der Waals surface area contributed by atoms with Crippen molar-refractivity contribution in [3.8, 4) is 5.75 Å². The molecule has 0 radical (unpaired) electrons. The molecule has 0 bridgehead atoms. The Morgan fingerprint density at radius 3 is 2.62 bits per heavy atom. The van der Waals surface area contributed by atoms with Crippen molar-refractivity contribution in [3.05, 3.63) is 29.3 Å². The Morgan fingerprint density at radius 2 is 2.15 bits per heavy atom. The van der Waals surface area contributed by atoms with Gasteiger partial charge in [-0.15, -0.1) is 0 Å². The zero-order chi connectivity index (χ0) is 9.84. The highest BCUT2D eigenvalue weighted by Gasteiger charge is 2.07. The van der Waals surface area contributed by atoms with E-state index in [1.54, 1.807) is 7.11 Å². The van der Waals surface area contributed by atoms with E-state index in [2.05, 4.69) is 0 Å². The topological polar surface area (TPSA) is 29.5 Å². The maximum Gasteiger partial charge on any atom is 0.119 e. The third-order valence-corrected chi connectivity index (χ3v) is 2.22. The second-order valence-corrected chi connectivity index (χ2v) is 3.15. The first-order chi connectivity index (χ1) is 6.19. The monoisotopic (exact) mass is 180 g/mol. The molecule has 1 N–H and O–H groups in total. The van der Waals surface area contributed by atoms with Crippen LogP contribution in [0.25, 0.3) is 0 Å². The number of hydrogen-bond donors (Lipinski definition) is 1. The molecule has 1 aromatic rings. The number of aliphatic hydroxyl groups is 1. The van der Waals surface area contributed by atoms with Gasteiger partial charge in [-0.1, -0.05) is 13.0 Å². The Bertz CT molecular complexity index is 281. The number of hydrogen-bond acceptors (Lipinski definition) is 2. The van der Waals surface area contributed by atoms with Gasteiger partial charge in [0.15, 0.2) is 0 Å². The second-order valence-electron chi connectivity index (χ2n) is 3.15. The molecule has 1 rings (SSSR count). The van der Waals surface area contributed by atoms with E-state index >= 15 is 0 Å². The van der Waals surface area contributed by atoms with Crippen LogP contribution < -0.4 is 4.74 Å². The zero-order valence-corrected chi connectivity index (χ0v) is 8.37. The largest absolute Gasteiger partial charge is 0.497 e. The standard InChI is InChI=1S/C11H16O2/c1-4-11(12)10-6-5-9(13-3)7-8(10)2/h5-7,11-12H,4H2,1-3H3. The molecule has 0 amide bonds. The van der Waals surface area contributed by atoms with E-state index < -0.39 is 0 Å². The lowest BCUT2D eigenvalue weighted by atomic mass is 10.0. The van der Waals surface area contributed by atoms with Crippen molar-refractivity contribution in [2.24, 2.45) is 0 Å². The van der Waals surface area contributed by atoms with Gasteiger partial charge in [0.2, 0.25) is 0 Å². The number of rotatable bonds is 3. The summed E-state index contributed by atoms with van der Waals surface area (Å²) in [6, 6.07) is 5.73. The predicted octanol–water partition coefficient (Wildman–Crippen LogP) is 2.45. The first-order valence-corrected chi connectivity index (χ1v) is 4.51. The van der Waals surface area contributed by atoms with Crippen LogP contribution in [0.4, 0.5) is 0 Å². The Labute approximate surface area is 79.2 Å². The van der Waals surface area contributed by atoms with Crippen molar-refractivity contribution < 1.29 is 9.84 Å². The van der Waals surface area contributed by atoms with E-state index in [-0.39, 0.29) is 6.10 Å². The minimum Gasteiger partial charge on any atom is -0.497 e. The first kappa shape index (κ1) is 10.1. The fraction of sp³-hybridized carbons (Fsp3) is 0.455.